The van der Waals surface area contributed by atoms with E-state index in [9.17, 15) is 13.6 Å². The number of nitrogens with two attached hydrogens (primary N) is 1. The second kappa shape index (κ2) is 5.91. The van der Waals surface area contributed by atoms with Gasteiger partial charge in [0.1, 0.15) is 11.6 Å². The minimum absolute atomic E-state index is 0.00438. The summed E-state index contributed by atoms with van der Waals surface area (Å²) in [5, 5.41) is 2.61. The highest BCUT2D eigenvalue weighted by atomic mass is 19.1. The van der Waals surface area contributed by atoms with E-state index in [-0.39, 0.29) is 17.4 Å². The maximum atomic E-state index is 13.5. The number of carbonyl (C=O) groups is 1. The lowest BCUT2D eigenvalue weighted by molar-refractivity contribution is -0.123. The van der Waals surface area contributed by atoms with Crippen molar-refractivity contribution < 1.29 is 13.6 Å². The highest BCUT2D eigenvalue weighted by Crippen LogP contribution is 2.17. The van der Waals surface area contributed by atoms with Gasteiger partial charge in [0.2, 0.25) is 5.91 Å². The molecule has 0 aliphatic carbocycles. The summed E-state index contributed by atoms with van der Waals surface area (Å²) in [6.07, 6.45) is 0. The van der Waals surface area contributed by atoms with Crippen LogP contribution in [0.15, 0.2) is 18.2 Å². The van der Waals surface area contributed by atoms with Crippen LogP contribution in [0.4, 0.5) is 8.78 Å². The third-order valence-electron chi connectivity index (χ3n) is 2.81. The predicted molar refractivity (Wildman–Crippen MR) is 65.7 cm³/mol. The summed E-state index contributed by atoms with van der Waals surface area (Å²) in [6.45, 7) is 5.28. The van der Waals surface area contributed by atoms with E-state index >= 15 is 0 Å². The van der Waals surface area contributed by atoms with Crippen LogP contribution in [0.3, 0.4) is 0 Å². The molecule has 1 aromatic carbocycles. The van der Waals surface area contributed by atoms with Crippen molar-refractivity contribution in [1.29, 1.82) is 0 Å². The van der Waals surface area contributed by atoms with Gasteiger partial charge < -0.3 is 11.1 Å². The van der Waals surface area contributed by atoms with Crippen LogP contribution in [0.1, 0.15) is 32.4 Å². The third kappa shape index (κ3) is 3.50. The Morgan fingerprint density at radius 3 is 2.39 bits per heavy atom. The Morgan fingerprint density at radius 2 is 1.89 bits per heavy atom. The molecule has 0 spiro atoms. The van der Waals surface area contributed by atoms with Crippen molar-refractivity contribution in [3.63, 3.8) is 0 Å². The summed E-state index contributed by atoms with van der Waals surface area (Å²) in [6, 6.07) is 2.07. The molecule has 0 bridgehead atoms. The lowest BCUT2D eigenvalue weighted by atomic mass is 10.0. The summed E-state index contributed by atoms with van der Waals surface area (Å²) >= 11 is 0. The Balaban J connectivity index is 2.76. The van der Waals surface area contributed by atoms with Crippen molar-refractivity contribution in [2.45, 2.75) is 32.9 Å². The molecule has 0 saturated carbocycles. The number of hydrogen-bond donors (Lipinski definition) is 2. The number of carbonyl (C=O) groups excluding carboxylic acids is 1. The van der Waals surface area contributed by atoms with Crippen molar-refractivity contribution in [2.75, 3.05) is 0 Å². The molecular formula is C13H18F2N2O. The van der Waals surface area contributed by atoms with E-state index in [1.54, 1.807) is 6.92 Å². The van der Waals surface area contributed by atoms with E-state index in [0.29, 0.717) is 0 Å². The lowest BCUT2D eigenvalue weighted by Gasteiger charge is -2.20. The predicted octanol–water partition coefficient (Wildman–Crippen LogP) is 2.13. The van der Waals surface area contributed by atoms with Gasteiger partial charge in [-0.3, -0.25) is 4.79 Å². The molecule has 0 radical (unpaired) electrons. The molecular weight excluding hydrogens is 238 g/mol. The van der Waals surface area contributed by atoms with Crippen molar-refractivity contribution in [2.24, 2.45) is 11.7 Å². The average Bonchev–Trinajstić information content (AvgIpc) is 2.27. The zero-order valence-electron chi connectivity index (χ0n) is 10.7. The number of amides is 1. The topological polar surface area (TPSA) is 55.1 Å². The van der Waals surface area contributed by atoms with Crippen molar-refractivity contribution in [3.05, 3.63) is 35.4 Å². The molecule has 0 aromatic heterocycles. The van der Waals surface area contributed by atoms with Crippen molar-refractivity contribution in [3.8, 4) is 0 Å². The lowest BCUT2D eigenvalue weighted by Crippen LogP contribution is -2.44. The Labute approximate surface area is 105 Å². The summed E-state index contributed by atoms with van der Waals surface area (Å²) in [5.74, 6) is -1.67. The largest absolute Gasteiger partial charge is 0.348 e. The standard InChI is InChI=1S/C13H18F2N2O/c1-7(2)12(16)13(18)17-8(3)10-5-4-9(14)6-11(10)15/h4-8,12H,16H2,1-3H3,(H,17,18). The Bertz CT molecular complexity index is 435. The molecule has 2 atom stereocenters. The van der Waals surface area contributed by atoms with Crippen LogP contribution in [0.25, 0.3) is 0 Å². The fourth-order valence-electron chi connectivity index (χ4n) is 1.54. The van der Waals surface area contributed by atoms with E-state index in [1.807, 2.05) is 13.8 Å². The molecule has 18 heavy (non-hydrogen) atoms. The van der Waals surface area contributed by atoms with Crippen LogP contribution < -0.4 is 11.1 Å². The quantitative estimate of drug-likeness (QED) is 0.867. The van der Waals surface area contributed by atoms with Gasteiger partial charge in [-0.25, -0.2) is 8.78 Å². The fraction of sp³-hybridized carbons (Fsp3) is 0.462. The molecule has 3 nitrogen and oxygen atoms in total. The minimum Gasteiger partial charge on any atom is -0.348 e. The smallest absolute Gasteiger partial charge is 0.237 e. The minimum atomic E-state index is -0.680. The summed E-state index contributed by atoms with van der Waals surface area (Å²) in [5.41, 5.74) is 5.92. The zero-order chi connectivity index (χ0) is 13.9. The van der Waals surface area contributed by atoms with Gasteiger partial charge in [0.05, 0.1) is 12.1 Å². The maximum absolute atomic E-state index is 13.5. The number of hydrogen-bond acceptors (Lipinski definition) is 2. The van der Waals surface area contributed by atoms with Gasteiger partial charge in [0.15, 0.2) is 0 Å². The van der Waals surface area contributed by atoms with Gasteiger partial charge in [0, 0.05) is 11.6 Å². The molecule has 100 valence electrons. The van der Waals surface area contributed by atoms with Gasteiger partial charge >= 0.3 is 0 Å². The van der Waals surface area contributed by atoms with Gasteiger partial charge in [-0.15, -0.1) is 0 Å². The molecule has 0 aliphatic rings. The number of halogens is 2. The van der Waals surface area contributed by atoms with Gasteiger partial charge in [0.25, 0.3) is 0 Å². The van der Waals surface area contributed by atoms with Crippen LogP contribution in [-0.4, -0.2) is 11.9 Å². The SMILES string of the molecule is CC(NC(=O)C(N)C(C)C)c1ccc(F)cc1F. The van der Waals surface area contributed by atoms with Crippen LogP contribution in [0, 0.1) is 17.6 Å². The van der Waals surface area contributed by atoms with Gasteiger partial charge in [-0.05, 0) is 18.9 Å². The Kier molecular flexibility index (Phi) is 4.78. The van der Waals surface area contributed by atoms with E-state index in [4.69, 9.17) is 5.73 Å². The molecule has 2 unspecified atom stereocenters. The summed E-state index contributed by atoms with van der Waals surface area (Å²) in [4.78, 5) is 11.7. The molecule has 1 amide bonds. The van der Waals surface area contributed by atoms with Crippen LogP contribution >= 0.6 is 0 Å². The van der Waals surface area contributed by atoms with E-state index in [1.165, 1.54) is 6.07 Å². The first-order valence-corrected chi connectivity index (χ1v) is 5.83. The summed E-state index contributed by atoms with van der Waals surface area (Å²) < 4.78 is 26.2. The van der Waals surface area contributed by atoms with Crippen LogP contribution in [0.5, 0.6) is 0 Å². The first-order valence-electron chi connectivity index (χ1n) is 5.83. The van der Waals surface area contributed by atoms with E-state index in [2.05, 4.69) is 5.32 Å². The normalized spacial score (nSPS) is 14.4. The highest BCUT2D eigenvalue weighted by molar-refractivity contribution is 5.82. The van der Waals surface area contributed by atoms with Crippen LogP contribution in [0.2, 0.25) is 0 Å². The molecule has 1 rings (SSSR count). The second-order valence-corrected chi connectivity index (χ2v) is 4.67. The van der Waals surface area contributed by atoms with E-state index in [0.717, 1.165) is 12.1 Å². The maximum Gasteiger partial charge on any atom is 0.237 e. The van der Waals surface area contributed by atoms with Crippen molar-refractivity contribution in [1.82, 2.24) is 5.32 Å². The van der Waals surface area contributed by atoms with Crippen molar-refractivity contribution >= 4 is 5.91 Å². The Hall–Kier alpha value is -1.49. The summed E-state index contributed by atoms with van der Waals surface area (Å²) in [7, 11) is 0. The molecule has 0 fully saturated rings. The first kappa shape index (κ1) is 14.6. The molecule has 5 heteroatoms. The zero-order valence-corrected chi connectivity index (χ0v) is 10.7. The Morgan fingerprint density at radius 1 is 1.28 bits per heavy atom. The van der Waals surface area contributed by atoms with Gasteiger partial charge in [-0.1, -0.05) is 19.9 Å². The number of rotatable bonds is 4. The fourth-order valence-corrected chi connectivity index (χ4v) is 1.54. The van der Waals surface area contributed by atoms with Crippen LogP contribution in [-0.2, 0) is 4.79 Å². The first-order chi connectivity index (χ1) is 8.32. The van der Waals surface area contributed by atoms with E-state index < -0.39 is 23.7 Å². The third-order valence-corrected chi connectivity index (χ3v) is 2.81. The second-order valence-electron chi connectivity index (χ2n) is 4.67. The average molecular weight is 256 g/mol. The molecule has 3 N–H and O–H groups in total. The van der Waals surface area contributed by atoms with Gasteiger partial charge in [-0.2, -0.15) is 0 Å². The molecule has 1 aromatic rings. The molecule has 0 aliphatic heterocycles. The monoisotopic (exact) mass is 256 g/mol. The number of nitrogens with one attached hydrogen (secondary N) is 1. The number of benzene rings is 1. The molecule has 0 saturated heterocycles. The highest BCUT2D eigenvalue weighted by Gasteiger charge is 2.20. The molecule has 0 heterocycles.